The van der Waals surface area contributed by atoms with Crippen LogP contribution in [0.2, 0.25) is 0 Å². The summed E-state index contributed by atoms with van der Waals surface area (Å²) in [5.41, 5.74) is 14.2. The molecule has 0 amide bonds. The molecule has 0 aliphatic heterocycles. The maximum absolute atomic E-state index is 2.49. The third-order valence-corrected chi connectivity index (χ3v) is 12.4. The van der Waals surface area contributed by atoms with Gasteiger partial charge in [0.2, 0.25) is 0 Å². The van der Waals surface area contributed by atoms with Crippen LogP contribution in [0.15, 0.2) is 164 Å². The predicted octanol–water partition coefficient (Wildman–Crippen LogP) is 12.8. The van der Waals surface area contributed by atoms with Crippen LogP contribution in [-0.4, -0.2) is 0 Å². The Labute approximate surface area is 319 Å². The van der Waals surface area contributed by atoms with Crippen LogP contribution in [-0.2, 0) is 5.41 Å². The number of allylic oxidation sites excluding steroid dienone is 8. The maximum Gasteiger partial charge on any atom is 0.0540 e. The molecule has 0 radical (unpaired) electrons. The maximum atomic E-state index is 2.49. The lowest BCUT2D eigenvalue weighted by Gasteiger charge is -2.29. The third-order valence-electron chi connectivity index (χ3n) is 12.4. The molecule has 0 saturated heterocycles. The van der Waals surface area contributed by atoms with Gasteiger partial charge in [-0.2, -0.15) is 0 Å². The van der Waals surface area contributed by atoms with Gasteiger partial charge in [-0.25, -0.2) is 0 Å². The third kappa shape index (κ3) is 5.45. The number of para-hydroxylation sites is 1. The minimum Gasteiger partial charge on any atom is -0.310 e. The lowest BCUT2D eigenvalue weighted by molar-refractivity contribution is 0.394. The van der Waals surface area contributed by atoms with E-state index in [0.717, 1.165) is 31.4 Å². The quantitative estimate of drug-likeness (QED) is 0.168. The van der Waals surface area contributed by atoms with Crippen molar-refractivity contribution >= 4 is 45.6 Å². The van der Waals surface area contributed by atoms with E-state index in [4.69, 9.17) is 0 Å². The number of anilines is 3. The average molecular weight is 696 g/mol. The molecule has 4 aliphatic rings. The molecule has 0 bridgehead atoms. The number of fused-ring (bicyclic) bond motifs is 5. The molecule has 0 fully saturated rings. The Morgan fingerprint density at radius 3 is 2.22 bits per heavy atom. The zero-order chi connectivity index (χ0) is 36.2. The largest absolute Gasteiger partial charge is 0.310 e. The topological polar surface area (TPSA) is 3.24 Å². The van der Waals surface area contributed by atoms with Crippen LogP contribution in [0.5, 0.6) is 0 Å². The van der Waals surface area contributed by atoms with Gasteiger partial charge in [0.05, 0.1) is 5.69 Å². The molecule has 2 atom stereocenters. The molecule has 1 heteroatoms. The molecule has 4 aliphatic carbocycles. The van der Waals surface area contributed by atoms with Gasteiger partial charge in [0.1, 0.15) is 0 Å². The smallest absolute Gasteiger partial charge is 0.0540 e. The van der Waals surface area contributed by atoms with Gasteiger partial charge in [-0.05, 0) is 134 Å². The minimum atomic E-state index is 0.0694. The van der Waals surface area contributed by atoms with Crippen molar-refractivity contribution in [3.63, 3.8) is 0 Å². The molecule has 0 heterocycles. The van der Waals surface area contributed by atoms with E-state index in [-0.39, 0.29) is 5.41 Å². The fourth-order valence-corrected chi connectivity index (χ4v) is 9.66. The summed E-state index contributed by atoms with van der Waals surface area (Å²) < 4.78 is 0. The zero-order valence-corrected chi connectivity index (χ0v) is 31.2. The van der Waals surface area contributed by atoms with Crippen molar-refractivity contribution in [3.05, 3.63) is 191 Å². The normalized spacial score (nSPS) is 19.0. The Balaban J connectivity index is 1.14. The fraction of sp³-hybridized carbons (Fsp3) is 0.170. The van der Waals surface area contributed by atoms with Gasteiger partial charge in [0, 0.05) is 22.9 Å². The van der Waals surface area contributed by atoms with Gasteiger partial charge < -0.3 is 4.90 Å². The van der Waals surface area contributed by atoms with Crippen LogP contribution < -0.4 is 15.3 Å². The zero-order valence-electron chi connectivity index (χ0n) is 31.2. The molecule has 0 aromatic heterocycles. The van der Waals surface area contributed by atoms with E-state index in [1.807, 2.05) is 0 Å². The minimum absolute atomic E-state index is 0.0694. The summed E-state index contributed by atoms with van der Waals surface area (Å²) in [5, 5.41) is 5.26. The summed E-state index contributed by atoms with van der Waals surface area (Å²) in [6.07, 6.45) is 25.7. The molecule has 0 spiro atoms. The summed E-state index contributed by atoms with van der Waals surface area (Å²) in [6.45, 7) is 4.82. The van der Waals surface area contributed by atoms with Crippen molar-refractivity contribution in [2.24, 2.45) is 5.92 Å². The molecule has 10 rings (SSSR count). The highest BCUT2D eigenvalue weighted by atomic mass is 15.1. The van der Waals surface area contributed by atoms with Gasteiger partial charge in [0.15, 0.2) is 0 Å². The van der Waals surface area contributed by atoms with Gasteiger partial charge in [-0.1, -0.05) is 153 Å². The average Bonchev–Trinajstić information content (AvgIpc) is 3.46. The number of rotatable bonds is 6. The van der Waals surface area contributed by atoms with E-state index in [1.165, 1.54) is 77.1 Å². The van der Waals surface area contributed by atoms with Crippen LogP contribution in [0.3, 0.4) is 0 Å². The van der Waals surface area contributed by atoms with E-state index in [9.17, 15) is 0 Å². The van der Waals surface area contributed by atoms with Crippen molar-refractivity contribution in [1.29, 1.82) is 0 Å². The lowest BCUT2D eigenvalue weighted by Crippen LogP contribution is -2.30. The molecule has 54 heavy (non-hydrogen) atoms. The Morgan fingerprint density at radius 1 is 0.593 bits per heavy atom. The first-order valence-electron chi connectivity index (χ1n) is 19.7. The number of benzene rings is 6. The Hall–Kier alpha value is -5.92. The Morgan fingerprint density at radius 2 is 1.35 bits per heavy atom. The van der Waals surface area contributed by atoms with E-state index in [1.54, 1.807) is 0 Å². The van der Waals surface area contributed by atoms with E-state index >= 15 is 0 Å². The molecular formula is C53H45N. The molecular weight excluding hydrogens is 651 g/mol. The van der Waals surface area contributed by atoms with E-state index in [2.05, 4.69) is 195 Å². The summed E-state index contributed by atoms with van der Waals surface area (Å²) >= 11 is 0. The SMILES string of the molecule is CC1(C)c2ccc(N(c3ccc(-c4ccc5c(c4C4=CCCC=C4)=CCCC=5)cc3)c3ccccc3-c3ccc4ccccc4c3)cc2C2C=CC=CC21. The van der Waals surface area contributed by atoms with E-state index < -0.39 is 0 Å². The van der Waals surface area contributed by atoms with Crippen molar-refractivity contribution < 1.29 is 0 Å². The highest BCUT2D eigenvalue weighted by molar-refractivity contribution is 5.94. The van der Waals surface area contributed by atoms with Gasteiger partial charge in [-0.3, -0.25) is 0 Å². The van der Waals surface area contributed by atoms with Gasteiger partial charge in [-0.15, -0.1) is 0 Å². The second-order valence-corrected chi connectivity index (χ2v) is 15.9. The number of nitrogens with zero attached hydrogens (tertiary/aromatic N) is 1. The van der Waals surface area contributed by atoms with Gasteiger partial charge in [0.25, 0.3) is 0 Å². The fourth-order valence-electron chi connectivity index (χ4n) is 9.66. The van der Waals surface area contributed by atoms with Crippen LogP contribution in [0, 0.1) is 5.92 Å². The highest BCUT2D eigenvalue weighted by Gasteiger charge is 2.44. The standard InChI is InChI=1S/C53H45N/c1-53(2)49-22-12-10-21-47(49)48-35-43(31-33-50(48)53)54(51-23-13-11-19-44(51)41-25-24-36-14-6-7-18-40(36)34-41)42-29-26-38(27-30-42)46-32-28-37-15-8-9-20-45(37)52(46)39-16-4-3-5-17-39/h4,6-7,10-35,47,49H,3,5,8-9H2,1-2H3. The van der Waals surface area contributed by atoms with Crippen molar-refractivity contribution in [2.75, 3.05) is 4.90 Å². The van der Waals surface area contributed by atoms with Crippen LogP contribution in [0.25, 0.3) is 50.8 Å². The molecule has 0 N–H and O–H groups in total. The first-order valence-corrected chi connectivity index (χ1v) is 19.7. The van der Waals surface area contributed by atoms with Crippen molar-refractivity contribution in [1.82, 2.24) is 0 Å². The number of hydrogen-bond acceptors (Lipinski definition) is 1. The molecule has 6 aromatic carbocycles. The van der Waals surface area contributed by atoms with Crippen LogP contribution >= 0.6 is 0 Å². The van der Waals surface area contributed by atoms with Crippen LogP contribution in [0.1, 0.15) is 62.1 Å². The summed E-state index contributed by atoms with van der Waals surface area (Å²) in [7, 11) is 0. The summed E-state index contributed by atoms with van der Waals surface area (Å²) in [5.74, 6) is 0.833. The second-order valence-electron chi connectivity index (χ2n) is 15.9. The van der Waals surface area contributed by atoms with Gasteiger partial charge >= 0.3 is 0 Å². The Kier molecular flexibility index (Phi) is 7.99. The second kappa shape index (κ2) is 13.2. The predicted molar refractivity (Wildman–Crippen MR) is 231 cm³/mol. The Bertz CT molecular complexity index is 2700. The summed E-state index contributed by atoms with van der Waals surface area (Å²) in [4.78, 5) is 2.49. The molecule has 0 saturated carbocycles. The molecule has 2 unspecified atom stereocenters. The first-order chi connectivity index (χ1) is 26.5. The first kappa shape index (κ1) is 32.7. The van der Waals surface area contributed by atoms with E-state index in [0.29, 0.717) is 11.8 Å². The highest BCUT2D eigenvalue weighted by Crippen LogP contribution is 2.54. The van der Waals surface area contributed by atoms with Crippen LogP contribution in [0.4, 0.5) is 17.1 Å². The molecule has 262 valence electrons. The molecule has 6 aromatic rings. The van der Waals surface area contributed by atoms with Crippen molar-refractivity contribution in [3.8, 4) is 22.3 Å². The molecule has 1 nitrogen and oxygen atoms in total. The lowest BCUT2D eigenvalue weighted by atomic mass is 9.74. The number of hydrogen-bond donors (Lipinski definition) is 0. The monoisotopic (exact) mass is 695 g/mol. The van der Waals surface area contributed by atoms with Crippen molar-refractivity contribution in [2.45, 2.75) is 50.9 Å². The summed E-state index contributed by atoms with van der Waals surface area (Å²) in [6, 6.07) is 45.7.